The Labute approximate surface area is 123 Å². The van der Waals surface area contributed by atoms with Crippen LogP contribution in [0.4, 0.5) is 0 Å². The molecule has 0 bridgehead atoms. The molecule has 2 nitrogen and oxygen atoms in total. The van der Waals surface area contributed by atoms with Gasteiger partial charge in [-0.3, -0.25) is 4.79 Å². The number of Topliss-reactive ketones (excluding diaryl/α,β-unsaturated/α-hetero) is 1. The van der Waals surface area contributed by atoms with Crippen molar-refractivity contribution in [1.82, 2.24) is 0 Å². The predicted molar refractivity (Wildman–Crippen MR) is 86.0 cm³/mol. The van der Waals surface area contributed by atoms with Crippen molar-refractivity contribution >= 4 is 13.9 Å². The van der Waals surface area contributed by atoms with Crippen LogP contribution < -0.4 is 4.74 Å². The third kappa shape index (κ3) is 3.32. The van der Waals surface area contributed by atoms with Gasteiger partial charge >= 0.3 is 0 Å². The van der Waals surface area contributed by atoms with Gasteiger partial charge in [0.25, 0.3) is 0 Å². The van der Waals surface area contributed by atoms with E-state index < -0.39 is 8.07 Å². The van der Waals surface area contributed by atoms with Crippen molar-refractivity contribution in [3.63, 3.8) is 0 Å². The second-order valence-corrected chi connectivity index (χ2v) is 12.3. The first kappa shape index (κ1) is 15.3. The highest BCUT2D eigenvalue weighted by molar-refractivity contribution is 6.77. The predicted octanol–water partition coefficient (Wildman–Crippen LogP) is 4.42. The molecule has 20 heavy (non-hydrogen) atoms. The fraction of sp³-hybridized carbons (Fsp3) is 0.588. The molecule has 0 N–H and O–H groups in total. The minimum Gasteiger partial charge on any atom is -0.497 e. The molecule has 110 valence electrons. The Balaban J connectivity index is 2.33. The lowest BCUT2D eigenvalue weighted by Gasteiger charge is -2.37. The first-order chi connectivity index (χ1) is 9.43. The van der Waals surface area contributed by atoms with E-state index in [1.165, 1.54) is 12.0 Å². The fourth-order valence-electron chi connectivity index (χ4n) is 3.51. The normalized spacial score (nSPS) is 21.6. The summed E-state index contributed by atoms with van der Waals surface area (Å²) < 4.78 is 5.25. The monoisotopic (exact) mass is 290 g/mol. The van der Waals surface area contributed by atoms with E-state index in [4.69, 9.17) is 4.74 Å². The minimum atomic E-state index is -1.45. The van der Waals surface area contributed by atoms with Crippen LogP contribution in [0.5, 0.6) is 5.75 Å². The molecule has 1 aromatic rings. The summed E-state index contributed by atoms with van der Waals surface area (Å²) in [4.78, 5) is 12.4. The Kier molecular flexibility index (Phi) is 4.69. The van der Waals surface area contributed by atoms with Gasteiger partial charge < -0.3 is 4.74 Å². The third-order valence-electron chi connectivity index (χ3n) is 4.41. The topological polar surface area (TPSA) is 26.3 Å². The molecule has 2 atom stereocenters. The molecule has 0 aliphatic heterocycles. The van der Waals surface area contributed by atoms with Crippen molar-refractivity contribution in [2.24, 2.45) is 5.92 Å². The highest BCUT2D eigenvalue weighted by Crippen LogP contribution is 2.40. The first-order valence-corrected chi connectivity index (χ1v) is 11.2. The maximum atomic E-state index is 12.4. The molecule has 0 saturated heterocycles. The van der Waals surface area contributed by atoms with E-state index in [1.54, 1.807) is 7.11 Å². The largest absolute Gasteiger partial charge is 0.497 e. The number of ketones is 1. The van der Waals surface area contributed by atoms with Gasteiger partial charge in [-0.25, -0.2) is 0 Å². The Hall–Kier alpha value is -1.09. The lowest BCUT2D eigenvalue weighted by Crippen LogP contribution is -2.40. The van der Waals surface area contributed by atoms with Crippen molar-refractivity contribution in [3.05, 3.63) is 29.8 Å². The highest BCUT2D eigenvalue weighted by atomic mass is 28.3. The van der Waals surface area contributed by atoms with Crippen molar-refractivity contribution in [2.75, 3.05) is 7.11 Å². The summed E-state index contributed by atoms with van der Waals surface area (Å²) in [5, 5.41) is 0. The van der Waals surface area contributed by atoms with Gasteiger partial charge in [-0.15, -0.1) is 0 Å². The summed E-state index contributed by atoms with van der Waals surface area (Å²) in [6.45, 7) is 7.14. The van der Waals surface area contributed by atoms with E-state index in [0.717, 1.165) is 25.0 Å². The second kappa shape index (κ2) is 6.13. The molecule has 0 heterocycles. The Morgan fingerprint density at radius 2 is 1.80 bits per heavy atom. The van der Waals surface area contributed by atoms with Crippen molar-refractivity contribution in [1.29, 1.82) is 0 Å². The highest BCUT2D eigenvalue weighted by Gasteiger charge is 2.39. The van der Waals surface area contributed by atoms with Crippen LogP contribution in [0.2, 0.25) is 19.6 Å². The van der Waals surface area contributed by atoms with E-state index in [-0.39, 0.29) is 5.92 Å². The van der Waals surface area contributed by atoms with Gasteiger partial charge in [0.15, 0.2) is 0 Å². The van der Waals surface area contributed by atoms with Crippen molar-refractivity contribution < 1.29 is 9.53 Å². The van der Waals surface area contributed by atoms with E-state index in [2.05, 4.69) is 31.8 Å². The van der Waals surface area contributed by atoms with Crippen LogP contribution in [0.15, 0.2) is 24.3 Å². The van der Waals surface area contributed by atoms with Crippen LogP contribution in [0, 0.1) is 5.92 Å². The van der Waals surface area contributed by atoms with Crippen LogP contribution in [-0.2, 0) is 4.79 Å². The number of carbonyl (C=O) groups excluding carboxylic acids is 1. The molecule has 0 radical (unpaired) electrons. The van der Waals surface area contributed by atoms with Crippen LogP contribution in [0.1, 0.15) is 36.8 Å². The van der Waals surface area contributed by atoms with Gasteiger partial charge in [0.1, 0.15) is 11.5 Å². The van der Waals surface area contributed by atoms with Gasteiger partial charge in [-0.1, -0.05) is 38.2 Å². The molecule has 1 saturated carbocycles. The van der Waals surface area contributed by atoms with Crippen LogP contribution in [0.25, 0.3) is 0 Å². The molecular weight excluding hydrogens is 264 g/mol. The zero-order valence-corrected chi connectivity index (χ0v) is 14.1. The molecule has 1 fully saturated rings. The molecule has 1 aromatic carbocycles. The lowest BCUT2D eigenvalue weighted by atomic mass is 9.83. The molecule has 1 aliphatic rings. The zero-order chi connectivity index (χ0) is 14.8. The molecule has 0 aromatic heterocycles. The quantitative estimate of drug-likeness (QED) is 0.768. The molecule has 3 heteroatoms. The van der Waals surface area contributed by atoms with Crippen LogP contribution >= 0.6 is 0 Å². The smallest absolute Gasteiger partial charge is 0.136 e. The average molecular weight is 290 g/mol. The van der Waals surface area contributed by atoms with Gasteiger partial charge in [0.2, 0.25) is 0 Å². The van der Waals surface area contributed by atoms with E-state index in [9.17, 15) is 4.79 Å². The van der Waals surface area contributed by atoms with Gasteiger partial charge in [-0.05, 0) is 36.1 Å². The second-order valence-electron chi connectivity index (χ2n) is 6.94. The molecule has 2 unspecified atom stereocenters. The number of hydrogen-bond donors (Lipinski definition) is 0. The number of ether oxygens (including phenoxy) is 1. The van der Waals surface area contributed by atoms with Crippen LogP contribution in [-0.4, -0.2) is 21.0 Å². The Morgan fingerprint density at radius 3 is 2.30 bits per heavy atom. The van der Waals surface area contributed by atoms with E-state index in [1.807, 2.05) is 12.1 Å². The van der Waals surface area contributed by atoms with E-state index >= 15 is 0 Å². The molecule has 0 amide bonds. The summed E-state index contributed by atoms with van der Waals surface area (Å²) in [6, 6.07) is 8.36. The Bertz CT molecular complexity index is 459. The van der Waals surface area contributed by atoms with Crippen molar-refractivity contribution in [3.8, 4) is 5.75 Å². The van der Waals surface area contributed by atoms with Gasteiger partial charge in [0, 0.05) is 12.3 Å². The number of hydrogen-bond acceptors (Lipinski definition) is 2. The summed E-state index contributed by atoms with van der Waals surface area (Å²) in [5.41, 5.74) is 1.76. The maximum Gasteiger partial charge on any atom is 0.136 e. The third-order valence-corrected chi connectivity index (χ3v) is 7.01. The Morgan fingerprint density at radius 1 is 1.15 bits per heavy atom. The molecule has 1 aliphatic carbocycles. The number of benzene rings is 1. The fourth-order valence-corrected chi connectivity index (χ4v) is 6.26. The zero-order valence-electron chi connectivity index (χ0n) is 13.1. The van der Waals surface area contributed by atoms with Crippen molar-refractivity contribution in [2.45, 2.75) is 50.9 Å². The molecule has 0 spiro atoms. The lowest BCUT2D eigenvalue weighted by molar-refractivity contribution is -0.124. The first-order valence-electron chi connectivity index (χ1n) is 7.60. The number of rotatable bonds is 4. The van der Waals surface area contributed by atoms with E-state index in [0.29, 0.717) is 11.3 Å². The van der Waals surface area contributed by atoms with Gasteiger partial charge in [-0.2, -0.15) is 0 Å². The summed E-state index contributed by atoms with van der Waals surface area (Å²) >= 11 is 0. The summed E-state index contributed by atoms with van der Waals surface area (Å²) in [5.74, 6) is 1.61. The molecular formula is C17H26O2Si. The van der Waals surface area contributed by atoms with Gasteiger partial charge in [0.05, 0.1) is 15.2 Å². The maximum absolute atomic E-state index is 12.4. The summed E-state index contributed by atoms with van der Waals surface area (Å²) in [7, 11) is 0.244. The number of methoxy groups -OCH3 is 1. The number of carbonyl (C=O) groups is 1. The van der Waals surface area contributed by atoms with Crippen LogP contribution in [0.3, 0.4) is 0 Å². The standard InChI is InChI=1S/C17H26O2Si/c1-19-14-11-9-13(10-12-14)17(20(2,3)4)15-7-5-6-8-16(15)18/h9-12,15,17H,5-8H2,1-4H3. The minimum absolute atomic E-state index is 0.240. The molecule has 2 rings (SSSR count). The average Bonchev–Trinajstić information content (AvgIpc) is 2.41. The SMILES string of the molecule is COc1ccc(C(C2CCCCC2=O)[Si](C)(C)C)cc1. The summed E-state index contributed by atoms with van der Waals surface area (Å²) in [6.07, 6.45) is 4.13.